The van der Waals surface area contributed by atoms with Gasteiger partial charge in [0.1, 0.15) is 5.58 Å². The first-order chi connectivity index (χ1) is 12.2. The second kappa shape index (κ2) is 6.68. The summed E-state index contributed by atoms with van der Waals surface area (Å²) < 4.78 is 7.27. The van der Waals surface area contributed by atoms with Gasteiger partial charge in [0.25, 0.3) is 5.91 Å². The highest BCUT2D eigenvalue weighted by molar-refractivity contribution is 5.97. The number of aromatic nitrogens is 3. The topological polar surface area (TPSA) is 76.2 Å². The molecule has 1 saturated heterocycles. The van der Waals surface area contributed by atoms with E-state index in [1.54, 1.807) is 6.26 Å². The normalized spacial score (nSPS) is 15.8. The Morgan fingerprint density at radius 3 is 2.96 bits per heavy atom. The number of nitrogens with zero attached hydrogens (tertiary/aromatic N) is 4. The smallest absolute Gasteiger partial charge is 0.253 e. The van der Waals surface area contributed by atoms with Crippen LogP contribution in [-0.2, 0) is 6.54 Å². The SMILES string of the molecule is CNCc1cn(C2CCN(C(=O)c3ccc4occc4c3)CC2)nn1. The summed E-state index contributed by atoms with van der Waals surface area (Å²) in [6.07, 6.45) is 5.42. The van der Waals surface area contributed by atoms with E-state index < -0.39 is 0 Å². The Bertz CT molecular complexity index is 876. The maximum atomic E-state index is 12.8. The second-order valence-corrected chi connectivity index (χ2v) is 6.42. The Morgan fingerprint density at radius 1 is 1.32 bits per heavy atom. The highest BCUT2D eigenvalue weighted by atomic mass is 16.3. The molecule has 0 atom stereocenters. The summed E-state index contributed by atoms with van der Waals surface area (Å²) in [5.74, 6) is 0.0796. The van der Waals surface area contributed by atoms with Crippen molar-refractivity contribution >= 4 is 16.9 Å². The largest absolute Gasteiger partial charge is 0.464 e. The van der Waals surface area contributed by atoms with Crippen LogP contribution < -0.4 is 5.32 Å². The number of rotatable bonds is 4. The van der Waals surface area contributed by atoms with E-state index >= 15 is 0 Å². The fourth-order valence-electron chi connectivity index (χ4n) is 3.37. The Hall–Kier alpha value is -2.67. The lowest BCUT2D eigenvalue weighted by molar-refractivity contribution is 0.0689. The first kappa shape index (κ1) is 15.8. The predicted octanol–water partition coefficient (Wildman–Crippen LogP) is 2.22. The van der Waals surface area contributed by atoms with Crippen LogP contribution in [0.25, 0.3) is 11.0 Å². The first-order valence-electron chi connectivity index (χ1n) is 8.56. The van der Waals surface area contributed by atoms with Gasteiger partial charge in [-0.3, -0.25) is 4.79 Å². The highest BCUT2D eigenvalue weighted by Gasteiger charge is 2.25. The van der Waals surface area contributed by atoms with Crippen LogP contribution in [0, 0.1) is 0 Å². The summed E-state index contributed by atoms with van der Waals surface area (Å²) >= 11 is 0. The van der Waals surface area contributed by atoms with E-state index in [9.17, 15) is 4.79 Å². The van der Waals surface area contributed by atoms with Gasteiger partial charge in [0.05, 0.1) is 24.2 Å². The van der Waals surface area contributed by atoms with Gasteiger partial charge in [0, 0.05) is 30.6 Å². The molecule has 3 heterocycles. The molecule has 7 heteroatoms. The van der Waals surface area contributed by atoms with Crippen molar-refractivity contribution in [3.63, 3.8) is 0 Å². The quantitative estimate of drug-likeness (QED) is 0.789. The molecule has 0 unspecified atom stereocenters. The van der Waals surface area contributed by atoms with Crippen molar-refractivity contribution in [1.29, 1.82) is 0 Å². The zero-order valence-corrected chi connectivity index (χ0v) is 14.2. The number of hydrogen-bond acceptors (Lipinski definition) is 5. The van der Waals surface area contributed by atoms with Gasteiger partial charge in [0.2, 0.25) is 0 Å². The van der Waals surface area contributed by atoms with Crippen LogP contribution in [-0.4, -0.2) is 45.9 Å². The van der Waals surface area contributed by atoms with Crippen molar-refractivity contribution in [2.45, 2.75) is 25.4 Å². The van der Waals surface area contributed by atoms with Crippen LogP contribution in [0.1, 0.15) is 34.9 Å². The number of carbonyl (C=O) groups is 1. The Balaban J connectivity index is 1.41. The van der Waals surface area contributed by atoms with Crippen molar-refractivity contribution in [2.24, 2.45) is 0 Å². The van der Waals surface area contributed by atoms with E-state index in [1.807, 2.05) is 47.1 Å². The first-order valence-corrected chi connectivity index (χ1v) is 8.56. The zero-order chi connectivity index (χ0) is 17.2. The van der Waals surface area contributed by atoms with Crippen LogP contribution in [0.3, 0.4) is 0 Å². The van der Waals surface area contributed by atoms with Crippen LogP contribution >= 0.6 is 0 Å². The van der Waals surface area contributed by atoms with Crippen molar-refractivity contribution in [1.82, 2.24) is 25.2 Å². The van der Waals surface area contributed by atoms with Crippen LogP contribution in [0.5, 0.6) is 0 Å². The number of amides is 1. The lowest BCUT2D eigenvalue weighted by atomic mass is 10.0. The molecule has 0 radical (unpaired) electrons. The molecular formula is C18H21N5O2. The summed E-state index contributed by atoms with van der Waals surface area (Å²) in [6, 6.07) is 7.77. The molecule has 3 aromatic rings. The van der Waals surface area contributed by atoms with Crippen LogP contribution in [0.2, 0.25) is 0 Å². The van der Waals surface area contributed by atoms with E-state index in [1.165, 1.54) is 0 Å². The van der Waals surface area contributed by atoms with Gasteiger partial charge < -0.3 is 14.6 Å². The minimum atomic E-state index is 0.0796. The number of benzene rings is 1. The summed E-state index contributed by atoms with van der Waals surface area (Å²) in [7, 11) is 1.89. The number of hydrogen-bond donors (Lipinski definition) is 1. The van der Waals surface area contributed by atoms with E-state index in [4.69, 9.17) is 4.42 Å². The monoisotopic (exact) mass is 339 g/mol. The minimum absolute atomic E-state index is 0.0796. The number of carbonyl (C=O) groups excluding carboxylic acids is 1. The third kappa shape index (κ3) is 3.15. The number of piperidine rings is 1. The Labute approximate surface area is 145 Å². The standard InChI is InChI=1S/C18H21N5O2/c1-19-11-15-12-23(21-20-15)16-4-7-22(8-5-16)18(24)14-2-3-17-13(10-14)6-9-25-17/h2-3,6,9-10,12,16,19H,4-5,7-8,11H2,1H3. The van der Waals surface area contributed by atoms with Gasteiger partial charge in [-0.2, -0.15) is 0 Å². The molecule has 0 bridgehead atoms. The Morgan fingerprint density at radius 2 is 2.16 bits per heavy atom. The average molecular weight is 339 g/mol. The molecule has 1 aliphatic heterocycles. The molecule has 0 saturated carbocycles. The lowest BCUT2D eigenvalue weighted by Crippen LogP contribution is -2.39. The van der Waals surface area contributed by atoms with Gasteiger partial charge in [-0.05, 0) is 44.2 Å². The van der Waals surface area contributed by atoms with Crippen LogP contribution in [0.4, 0.5) is 0 Å². The zero-order valence-electron chi connectivity index (χ0n) is 14.2. The second-order valence-electron chi connectivity index (χ2n) is 6.42. The molecule has 1 fully saturated rings. The fraction of sp³-hybridized carbons (Fsp3) is 0.389. The molecule has 1 aromatic carbocycles. The van der Waals surface area contributed by atoms with E-state index in [0.29, 0.717) is 18.2 Å². The third-order valence-corrected chi connectivity index (χ3v) is 4.74. The number of nitrogens with one attached hydrogen (secondary N) is 1. The van der Waals surface area contributed by atoms with Crippen LogP contribution in [0.15, 0.2) is 41.1 Å². The van der Waals surface area contributed by atoms with Gasteiger partial charge in [-0.15, -0.1) is 5.10 Å². The highest BCUT2D eigenvalue weighted by Crippen LogP contribution is 2.24. The number of fused-ring (bicyclic) bond motifs is 1. The average Bonchev–Trinajstić information content (AvgIpc) is 3.30. The molecular weight excluding hydrogens is 318 g/mol. The maximum Gasteiger partial charge on any atom is 0.253 e. The molecule has 0 aliphatic carbocycles. The number of likely N-dealkylation sites (tertiary alicyclic amines) is 1. The van der Waals surface area contributed by atoms with E-state index in [-0.39, 0.29) is 5.91 Å². The number of furan rings is 1. The molecule has 130 valence electrons. The van der Waals surface area contributed by atoms with Gasteiger partial charge in [-0.25, -0.2) is 4.68 Å². The van der Waals surface area contributed by atoms with Gasteiger partial charge in [0.15, 0.2) is 0 Å². The predicted molar refractivity (Wildman–Crippen MR) is 93.2 cm³/mol. The molecule has 1 aliphatic rings. The molecule has 7 nitrogen and oxygen atoms in total. The van der Waals surface area contributed by atoms with Gasteiger partial charge >= 0.3 is 0 Å². The molecule has 25 heavy (non-hydrogen) atoms. The Kier molecular flexibility index (Phi) is 4.23. The summed E-state index contributed by atoms with van der Waals surface area (Å²) in [6.45, 7) is 2.18. The van der Waals surface area contributed by atoms with Crippen molar-refractivity contribution in [3.8, 4) is 0 Å². The lowest BCUT2D eigenvalue weighted by Gasteiger charge is -2.31. The molecule has 0 spiro atoms. The molecule has 1 N–H and O–H groups in total. The third-order valence-electron chi connectivity index (χ3n) is 4.74. The van der Waals surface area contributed by atoms with Crippen molar-refractivity contribution in [3.05, 3.63) is 48.0 Å². The fourth-order valence-corrected chi connectivity index (χ4v) is 3.37. The summed E-state index contributed by atoms with van der Waals surface area (Å²) in [5.41, 5.74) is 2.46. The molecule has 1 amide bonds. The van der Waals surface area contributed by atoms with E-state index in [2.05, 4.69) is 15.6 Å². The summed E-state index contributed by atoms with van der Waals surface area (Å²) in [5, 5.41) is 12.4. The van der Waals surface area contributed by atoms with Crippen molar-refractivity contribution < 1.29 is 9.21 Å². The van der Waals surface area contributed by atoms with E-state index in [0.717, 1.165) is 42.6 Å². The van der Waals surface area contributed by atoms with Gasteiger partial charge in [-0.1, -0.05) is 5.21 Å². The summed E-state index contributed by atoms with van der Waals surface area (Å²) in [4.78, 5) is 14.7. The maximum absolute atomic E-state index is 12.8. The van der Waals surface area contributed by atoms with Crippen molar-refractivity contribution in [2.75, 3.05) is 20.1 Å². The molecule has 2 aromatic heterocycles. The minimum Gasteiger partial charge on any atom is -0.464 e. The molecule has 4 rings (SSSR count).